The number of hydrogen-bond acceptors (Lipinski definition) is 3. The Morgan fingerprint density at radius 1 is 1.14 bits per heavy atom. The van der Waals surface area contributed by atoms with Gasteiger partial charge in [0.15, 0.2) is 5.76 Å². The van der Waals surface area contributed by atoms with E-state index in [9.17, 15) is 9.59 Å². The average molecular weight is 411 g/mol. The zero-order valence-corrected chi connectivity index (χ0v) is 16.7. The fraction of sp³-hybridized carbons (Fsp3) is 0.304. The Hall–Kier alpha value is -2.79. The van der Waals surface area contributed by atoms with Crippen molar-refractivity contribution in [1.29, 1.82) is 0 Å². The normalized spacial score (nSPS) is 24.9. The molecular weight excluding hydrogens is 388 g/mol. The number of ether oxygens (including phenoxy) is 1. The van der Waals surface area contributed by atoms with Crippen LogP contribution in [0.4, 0.5) is 0 Å². The van der Waals surface area contributed by atoms with Crippen molar-refractivity contribution in [3.8, 4) is 0 Å². The third-order valence-electron chi connectivity index (χ3n) is 5.45. The lowest BCUT2D eigenvalue weighted by atomic mass is 9.82. The maximum absolute atomic E-state index is 12.6. The molecule has 4 rings (SSSR count). The molecule has 2 fully saturated rings. The molecule has 0 radical (unpaired) electrons. The number of halogens is 1. The van der Waals surface area contributed by atoms with Crippen LogP contribution in [0.15, 0.2) is 60.4 Å². The Kier molecular flexibility index (Phi) is 5.86. The molecular formula is C23H23ClN2O3. The zero-order chi connectivity index (χ0) is 20.2. The van der Waals surface area contributed by atoms with Crippen molar-refractivity contribution in [3.05, 3.63) is 76.5 Å². The van der Waals surface area contributed by atoms with E-state index >= 15 is 0 Å². The van der Waals surface area contributed by atoms with Crippen LogP contribution in [0.1, 0.15) is 30.4 Å². The van der Waals surface area contributed by atoms with E-state index in [-0.39, 0.29) is 29.9 Å². The van der Waals surface area contributed by atoms with Crippen molar-refractivity contribution in [2.24, 2.45) is 5.92 Å². The Morgan fingerprint density at radius 2 is 1.90 bits per heavy atom. The second kappa shape index (κ2) is 8.70. The highest BCUT2D eigenvalue weighted by atomic mass is 35.5. The molecule has 0 bridgehead atoms. The Balaban J connectivity index is 1.33. The first kappa shape index (κ1) is 19.5. The van der Waals surface area contributed by atoms with E-state index in [2.05, 4.69) is 10.6 Å². The molecule has 2 aromatic carbocycles. The maximum atomic E-state index is 12.6. The second-order valence-electron chi connectivity index (χ2n) is 7.51. The number of hydrogen-bond donors (Lipinski definition) is 2. The first-order chi connectivity index (χ1) is 14.1. The predicted molar refractivity (Wildman–Crippen MR) is 112 cm³/mol. The van der Waals surface area contributed by atoms with E-state index < -0.39 is 0 Å². The molecule has 1 heterocycles. The summed E-state index contributed by atoms with van der Waals surface area (Å²) in [4.78, 5) is 25.1. The minimum absolute atomic E-state index is 0.0123. The molecule has 29 heavy (non-hydrogen) atoms. The standard InChI is InChI=1S/C23H23ClN2O3/c24-18-9-6-16(7-10-18)14-25-22(27)17-8-11-20-19(13-17)26-23(28)21(29-20)12-15-4-2-1-3-5-15/h1-7,9-10,12,17,19-20H,8,11,13-14H2,(H,25,27)(H,26,28)/b21-12+. The molecule has 2 N–H and O–H groups in total. The number of benzene rings is 2. The maximum Gasteiger partial charge on any atom is 0.286 e. The molecule has 2 aromatic rings. The largest absolute Gasteiger partial charge is 0.483 e. The Labute approximate surface area is 175 Å². The molecule has 0 aromatic heterocycles. The van der Waals surface area contributed by atoms with Gasteiger partial charge in [-0.05, 0) is 48.6 Å². The van der Waals surface area contributed by atoms with Crippen molar-refractivity contribution in [2.75, 3.05) is 0 Å². The molecule has 150 valence electrons. The van der Waals surface area contributed by atoms with E-state index in [1.54, 1.807) is 6.08 Å². The van der Waals surface area contributed by atoms with Gasteiger partial charge in [0.1, 0.15) is 6.10 Å². The highest BCUT2D eigenvalue weighted by Gasteiger charge is 2.40. The van der Waals surface area contributed by atoms with Gasteiger partial charge in [-0.3, -0.25) is 9.59 Å². The van der Waals surface area contributed by atoms with Crippen LogP contribution in [0.25, 0.3) is 6.08 Å². The van der Waals surface area contributed by atoms with Crippen LogP contribution < -0.4 is 10.6 Å². The van der Waals surface area contributed by atoms with Crippen molar-refractivity contribution >= 4 is 29.5 Å². The molecule has 0 spiro atoms. The number of nitrogens with one attached hydrogen (secondary N) is 2. The molecule has 1 saturated carbocycles. The van der Waals surface area contributed by atoms with Gasteiger partial charge in [0, 0.05) is 17.5 Å². The van der Waals surface area contributed by atoms with Crippen molar-refractivity contribution in [2.45, 2.75) is 38.0 Å². The highest BCUT2D eigenvalue weighted by Crippen LogP contribution is 2.31. The number of carbonyl (C=O) groups excluding carboxylic acids is 2. The van der Waals surface area contributed by atoms with Gasteiger partial charge in [0.05, 0.1) is 6.04 Å². The minimum atomic E-state index is -0.225. The van der Waals surface area contributed by atoms with Crippen molar-refractivity contribution in [1.82, 2.24) is 10.6 Å². The lowest BCUT2D eigenvalue weighted by Gasteiger charge is -2.39. The van der Waals surface area contributed by atoms with Gasteiger partial charge in [-0.25, -0.2) is 0 Å². The Bertz CT molecular complexity index is 911. The van der Waals surface area contributed by atoms with Crippen LogP contribution in [0.5, 0.6) is 0 Å². The van der Waals surface area contributed by atoms with Crippen LogP contribution in [-0.4, -0.2) is 24.0 Å². The summed E-state index contributed by atoms with van der Waals surface area (Å²) in [6.45, 7) is 0.466. The SMILES string of the molecule is O=C1NC2CC(C(=O)NCc3ccc(Cl)cc3)CCC2O/C1=C/c1ccccc1. The molecule has 5 nitrogen and oxygen atoms in total. The molecule has 3 unspecified atom stereocenters. The number of fused-ring (bicyclic) bond motifs is 1. The Morgan fingerprint density at radius 3 is 2.66 bits per heavy atom. The number of carbonyl (C=O) groups is 2. The first-order valence-electron chi connectivity index (χ1n) is 9.85. The van der Waals surface area contributed by atoms with Crippen LogP contribution in [0, 0.1) is 5.92 Å². The van der Waals surface area contributed by atoms with Crippen molar-refractivity contribution < 1.29 is 14.3 Å². The molecule has 6 heteroatoms. The fourth-order valence-electron chi connectivity index (χ4n) is 3.87. The molecule has 3 atom stereocenters. The average Bonchev–Trinajstić information content (AvgIpc) is 2.74. The molecule has 1 saturated heterocycles. The van der Waals surface area contributed by atoms with Gasteiger partial charge >= 0.3 is 0 Å². The van der Waals surface area contributed by atoms with E-state index in [4.69, 9.17) is 16.3 Å². The molecule has 2 amide bonds. The third kappa shape index (κ3) is 4.80. The van der Waals surface area contributed by atoms with E-state index in [0.29, 0.717) is 23.7 Å². The van der Waals surface area contributed by atoms with Gasteiger partial charge < -0.3 is 15.4 Å². The molecule has 2 aliphatic rings. The topological polar surface area (TPSA) is 67.4 Å². The van der Waals surface area contributed by atoms with Gasteiger partial charge in [0.2, 0.25) is 5.91 Å². The third-order valence-corrected chi connectivity index (χ3v) is 5.71. The van der Waals surface area contributed by atoms with E-state index in [1.165, 1.54) is 0 Å². The van der Waals surface area contributed by atoms with Gasteiger partial charge in [0.25, 0.3) is 5.91 Å². The fourth-order valence-corrected chi connectivity index (χ4v) is 3.99. The summed E-state index contributed by atoms with van der Waals surface area (Å²) in [5, 5.41) is 6.69. The molecule has 1 aliphatic heterocycles. The van der Waals surface area contributed by atoms with Crippen molar-refractivity contribution in [3.63, 3.8) is 0 Å². The number of rotatable bonds is 4. The summed E-state index contributed by atoms with van der Waals surface area (Å²) in [5.41, 5.74) is 1.92. The zero-order valence-electron chi connectivity index (χ0n) is 15.9. The predicted octanol–water partition coefficient (Wildman–Crippen LogP) is 3.68. The van der Waals surface area contributed by atoms with Gasteiger partial charge in [-0.1, -0.05) is 54.1 Å². The molecule has 1 aliphatic carbocycles. The van der Waals surface area contributed by atoms with Crippen LogP contribution >= 0.6 is 11.6 Å². The lowest BCUT2D eigenvalue weighted by Crippen LogP contribution is -2.54. The van der Waals surface area contributed by atoms with Crippen LogP contribution in [0.2, 0.25) is 5.02 Å². The number of morpholine rings is 1. The first-order valence-corrected chi connectivity index (χ1v) is 10.2. The summed E-state index contributed by atoms with van der Waals surface area (Å²) in [7, 11) is 0. The van der Waals surface area contributed by atoms with Gasteiger partial charge in [-0.2, -0.15) is 0 Å². The summed E-state index contributed by atoms with van der Waals surface area (Å²) in [6, 6.07) is 16.9. The summed E-state index contributed by atoms with van der Waals surface area (Å²) in [5.74, 6) is -0.00853. The quantitative estimate of drug-likeness (QED) is 0.755. The highest BCUT2D eigenvalue weighted by molar-refractivity contribution is 6.30. The second-order valence-corrected chi connectivity index (χ2v) is 7.95. The van der Waals surface area contributed by atoms with E-state index in [0.717, 1.165) is 24.0 Å². The van der Waals surface area contributed by atoms with Crippen LogP contribution in [-0.2, 0) is 20.9 Å². The summed E-state index contributed by atoms with van der Waals surface area (Å²) >= 11 is 5.89. The summed E-state index contributed by atoms with van der Waals surface area (Å²) in [6.07, 6.45) is 3.72. The monoisotopic (exact) mass is 410 g/mol. The smallest absolute Gasteiger partial charge is 0.286 e. The lowest BCUT2D eigenvalue weighted by molar-refractivity contribution is -0.134. The minimum Gasteiger partial charge on any atom is -0.483 e. The summed E-state index contributed by atoms with van der Waals surface area (Å²) < 4.78 is 5.98. The van der Waals surface area contributed by atoms with E-state index in [1.807, 2.05) is 54.6 Å². The van der Waals surface area contributed by atoms with Crippen LogP contribution in [0.3, 0.4) is 0 Å². The van der Waals surface area contributed by atoms with Gasteiger partial charge in [-0.15, -0.1) is 0 Å². The number of amides is 2.